The third-order valence-electron chi connectivity index (χ3n) is 4.71. The number of hydrogen-bond acceptors (Lipinski definition) is 3. The van der Waals surface area contributed by atoms with Crippen LogP contribution < -0.4 is 0 Å². The van der Waals surface area contributed by atoms with Crippen LogP contribution in [0.2, 0.25) is 0 Å². The summed E-state index contributed by atoms with van der Waals surface area (Å²) in [6, 6.07) is 14.3. The molecule has 1 fully saturated rings. The van der Waals surface area contributed by atoms with Crippen LogP contribution in [0.5, 0.6) is 0 Å². The number of halogens is 1. The lowest BCUT2D eigenvalue weighted by atomic mass is 9.90. The maximum Gasteiger partial charge on any atom is 0.131 e. The summed E-state index contributed by atoms with van der Waals surface area (Å²) in [5, 5.41) is 10.8. The molecule has 1 atom stereocenters. The van der Waals surface area contributed by atoms with Crippen LogP contribution in [0.15, 0.2) is 48.5 Å². The molecule has 1 unspecified atom stereocenters. The standard InChI is InChI=1S/C20H24FNO2/c1-20(23,10-11-22-12-14-24-15-13-22)17-8-6-16(7-9-17)18-4-2-3-5-19(18)21/h2-9,23H,10-15H2,1H3. The van der Waals surface area contributed by atoms with Gasteiger partial charge in [-0.15, -0.1) is 0 Å². The molecule has 3 nitrogen and oxygen atoms in total. The predicted octanol–water partition coefficient (Wildman–Crippen LogP) is 3.42. The first-order valence-corrected chi connectivity index (χ1v) is 8.44. The first-order valence-electron chi connectivity index (χ1n) is 8.44. The van der Waals surface area contributed by atoms with Crippen molar-refractivity contribution in [3.63, 3.8) is 0 Å². The van der Waals surface area contributed by atoms with Crippen molar-refractivity contribution in [2.24, 2.45) is 0 Å². The van der Waals surface area contributed by atoms with Gasteiger partial charge in [-0.3, -0.25) is 4.90 Å². The van der Waals surface area contributed by atoms with Gasteiger partial charge in [-0.1, -0.05) is 42.5 Å². The smallest absolute Gasteiger partial charge is 0.131 e. The largest absolute Gasteiger partial charge is 0.385 e. The third-order valence-corrected chi connectivity index (χ3v) is 4.71. The van der Waals surface area contributed by atoms with Crippen molar-refractivity contribution < 1.29 is 14.2 Å². The molecule has 0 aromatic heterocycles. The zero-order valence-electron chi connectivity index (χ0n) is 14.0. The number of rotatable bonds is 5. The first kappa shape index (κ1) is 17.1. The van der Waals surface area contributed by atoms with Crippen molar-refractivity contribution >= 4 is 0 Å². The average Bonchev–Trinajstić information content (AvgIpc) is 2.62. The maximum absolute atomic E-state index is 13.9. The van der Waals surface area contributed by atoms with E-state index in [1.54, 1.807) is 12.1 Å². The number of aliphatic hydroxyl groups is 1. The molecule has 0 spiro atoms. The minimum Gasteiger partial charge on any atom is -0.385 e. The number of benzene rings is 2. The molecule has 1 aliphatic heterocycles. The van der Waals surface area contributed by atoms with Crippen molar-refractivity contribution in [1.82, 2.24) is 4.90 Å². The van der Waals surface area contributed by atoms with Gasteiger partial charge in [0.15, 0.2) is 0 Å². The third kappa shape index (κ3) is 4.01. The molecule has 128 valence electrons. The first-order chi connectivity index (χ1) is 11.6. The van der Waals surface area contributed by atoms with Crippen LogP contribution in [0.1, 0.15) is 18.9 Å². The molecular weight excluding hydrogens is 305 g/mol. The summed E-state index contributed by atoms with van der Waals surface area (Å²) >= 11 is 0. The van der Waals surface area contributed by atoms with E-state index in [1.165, 1.54) is 6.07 Å². The van der Waals surface area contributed by atoms with Crippen molar-refractivity contribution in [2.45, 2.75) is 18.9 Å². The number of hydrogen-bond donors (Lipinski definition) is 1. The molecule has 0 bridgehead atoms. The highest BCUT2D eigenvalue weighted by atomic mass is 19.1. The summed E-state index contributed by atoms with van der Waals surface area (Å²) < 4.78 is 19.2. The average molecular weight is 329 g/mol. The molecule has 1 heterocycles. The quantitative estimate of drug-likeness (QED) is 0.912. The van der Waals surface area contributed by atoms with Gasteiger partial charge in [-0.25, -0.2) is 4.39 Å². The van der Waals surface area contributed by atoms with Gasteiger partial charge < -0.3 is 9.84 Å². The van der Waals surface area contributed by atoms with Gasteiger partial charge in [0.25, 0.3) is 0 Å². The Bertz CT molecular complexity index is 664. The van der Waals surface area contributed by atoms with Crippen molar-refractivity contribution in [3.05, 3.63) is 59.9 Å². The van der Waals surface area contributed by atoms with E-state index in [0.717, 1.165) is 44.0 Å². The Balaban J connectivity index is 1.68. The molecule has 1 N–H and O–H groups in total. The van der Waals surface area contributed by atoms with Crippen molar-refractivity contribution in [2.75, 3.05) is 32.8 Å². The van der Waals surface area contributed by atoms with Gasteiger partial charge in [-0.05, 0) is 30.5 Å². The fourth-order valence-corrected chi connectivity index (χ4v) is 3.05. The summed E-state index contributed by atoms with van der Waals surface area (Å²) in [6.45, 7) is 6.04. The maximum atomic E-state index is 13.9. The fourth-order valence-electron chi connectivity index (χ4n) is 3.05. The minimum absolute atomic E-state index is 0.232. The normalized spacial score (nSPS) is 18.3. The monoisotopic (exact) mass is 329 g/mol. The second-order valence-corrected chi connectivity index (χ2v) is 6.54. The van der Waals surface area contributed by atoms with Crippen LogP contribution in [0.3, 0.4) is 0 Å². The molecule has 2 aromatic rings. The Hall–Kier alpha value is -1.75. The summed E-state index contributed by atoms with van der Waals surface area (Å²) in [6.07, 6.45) is 0.659. The highest BCUT2D eigenvalue weighted by Gasteiger charge is 2.24. The summed E-state index contributed by atoms with van der Waals surface area (Å²) in [5.41, 5.74) is 1.36. The molecule has 4 heteroatoms. The number of ether oxygens (including phenoxy) is 1. The van der Waals surface area contributed by atoms with Crippen LogP contribution in [0.25, 0.3) is 11.1 Å². The zero-order chi connectivity index (χ0) is 17.0. The highest BCUT2D eigenvalue weighted by molar-refractivity contribution is 5.64. The SMILES string of the molecule is CC(O)(CCN1CCOCC1)c1ccc(-c2ccccc2F)cc1. The van der Waals surface area contributed by atoms with Crippen LogP contribution in [-0.2, 0) is 10.3 Å². The van der Waals surface area contributed by atoms with E-state index in [1.807, 2.05) is 37.3 Å². The van der Waals surface area contributed by atoms with Gasteiger partial charge in [0, 0.05) is 25.2 Å². The second kappa shape index (κ2) is 7.43. The molecule has 0 amide bonds. The van der Waals surface area contributed by atoms with Gasteiger partial charge in [-0.2, -0.15) is 0 Å². The van der Waals surface area contributed by atoms with Gasteiger partial charge >= 0.3 is 0 Å². The van der Waals surface area contributed by atoms with Crippen molar-refractivity contribution in [1.29, 1.82) is 0 Å². The molecule has 2 aromatic carbocycles. The Morgan fingerprint density at radius 1 is 1.08 bits per heavy atom. The molecule has 24 heavy (non-hydrogen) atoms. The van der Waals surface area contributed by atoms with Crippen LogP contribution >= 0.6 is 0 Å². The molecule has 0 saturated carbocycles. The summed E-state index contributed by atoms with van der Waals surface area (Å²) in [4.78, 5) is 2.31. The molecule has 3 rings (SSSR count). The van der Waals surface area contributed by atoms with E-state index in [0.29, 0.717) is 12.0 Å². The lowest BCUT2D eigenvalue weighted by molar-refractivity contribution is 0.00549. The van der Waals surface area contributed by atoms with Gasteiger partial charge in [0.1, 0.15) is 5.82 Å². The minimum atomic E-state index is -0.897. The molecule has 0 radical (unpaired) electrons. The van der Waals surface area contributed by atoms with E-state index in [9.17, 15) is 9.50 Å². The lowest BCUT2D eigenvalue weighted by Crippen LogP contribution is -2.39. The van der Waals surface area contributed by atoms with E-state index in [4.69, 9.17) is 4.74 Å². The Kier molecular flexibility index (Phi) is 5.29. The van der Waals surface area contributed by atoms with E-state index in [-0.39, 0.29) is 5.82 Å². The number of morpholine rings is 1. The highest BCUT2D eigenvalue weighted by Crippen LogP contribution is 2.29. The molecule has 0 aliphatic carbocycles. The Morgan fingerprint density at radius 3 is 2.42 bits per heavy atom. The van der Waals surface area contributed by atoms with Gasteiger partial charge in [0.05, 0.1) is 18.8 Å². The molecular formula is C20H24FNO2. The zero-order valence-corrected chi connectivity index (χ0v) is 14.0. The summed E-state index contributed by atoms with van der Waals surface area (Å²) in [5.74, 6) is -0.232. The van der Waals surface area contributed by atoms with Crippen molar-refractivity contribution in [3.8, 4) is 11.1 Å². The Labute approximate surface area is 142 Å². The van der Waals surface area contributed by atoms with Crippen LogP contribution in [0.4, 0.5) is 4.39 Å². The lowest BCUT2D eigenvalue weighted by Gasteiger charge is -2.31. The van der Waals surface area contributed by atoms with Crippen LogP contribution in [0, 0.1) is 5.82 Å². The fraction of sp³-hybridized carbons (Fsp3) is 0.400. The van der Waals surface area contributed by atoms with Crippen LogP contribution in [-0.4, -0.2) is 42.9 Å². The van der Waals surface area contributed by atoms with Gasteiger partial charge in [0.2, 0.25) is 0 Å². The second-order valence-electron chi connectivity index (χ2n) is 6.54. The Morgan fingerprint density at radius 2 is 1.75 bits per heavy atom. The van der Waals surface area contributed by atoms with E-state index < -0.39 is 5.60 Å². The molecule has 1 saturated heterocycles. The number of nitrogens with zero attached hydrogens (tertiary/aromatic N) is 1. The topological polar surface area (TPSA) is 32.7 Å². The summed E-state index contributed by atoms with van der Waals surface area (Å²) in [7, 11) is 0. The molecule has 1 aliphatic rings. The van der Waals surface area contributed by atoms with E-state index >= 15 is 0 Å². The van der Waals surface area contributed by atoms with E-state index in [2.05, 4.69) is 4.90 Å². The predicted molar refractivity (Wildman–Crippen MR) is 93.3 cm³/mol.